The molecule has 0 aromatic heterocycles. The van der Waals surface area contributed by atoms with Crippen LogP contribution in [0, 0.1) is 5.92 Å². The summed E-state index contributed by atoms with van der Waals surface area (Å²) in [5.74, 6) is -1.09. The number of aliphatic hydroxyl groups excluding tert-OH is 1. The smallest absolute Gasteiger partial charge is 0.378 e. The minimum absolute atomic E-state index is 0.0640. The van der Waals surface area contributed by atoms with Crippen molar-refractivity contribution in [3.63, 3.8) is 0 Å². The van der Waals surface area contributed by atoms with E-state index in [0.29, 0.717) is 19.3 Å². The number of nitrogens with one attached hydrogen (secondary N) is 2. The molecule has 2 unspecified atom stereocenters. The molecule has 0 radical (unpaired) electrons. The maximum Gasteiger partial charge on any atom is 0.405 e. The van der Waals surface area contributed by atoms with Crippen LogP contribution in [-0.4, -0.2) is 76.2 Å². The van der Waals surface area contributed by atoms with Gasteiger partial charge < -0.3 is 15.3 Å². The van der Waals surface area contributed by atoms with Gasteiger partial charge in [0.05, 0.1) is 5.70 Å². The first kappa shape index (κ1) is 31.2. The molecule has 2 atom stereocenters. The monoisotopic (exact) mass is 600 g/mol. The summed E-state index contributed by atoms with van der Waals surface area (Å²) in [6.07, 6.45) is 3.67. The highest BCUT2D eigenvalue weighted by molar-refractivity contribution is 6.00. The second-order valence-electron chi connectivity index (χ2n) is 11.6. The van der Waals surface area contributed by atoms with Gasteiger partial charge in [0, 0.05) is 12.0 Å². The number of nitrogens with zero attached hydrogens (tertiary/aromatic N) is 2. The Morgan fingerprint density at radius 2 is 1.65 bits per heavy atom. The van der Waals surface area contributed by atoms with Gasteiger partial charge in [-0.3, -0.25) is 20.5 Å². The molecule has 3 aliphatic rings. The van der Waals surface area contributed by atoms with Crippen LogP contribution in [0.4, 0.5) is 13.2 Å². The molecule has 5 rings (SSSR count). The van der Waals surface area contributed by atoms with E-state index in [4.69, 9.17) is 0 Å². The Balaban J connectivity index is 1.18. The molecular weight excluding hydrogens is 561 g/mol. The van der Waals surface area contributed by atoms with Crippen molar-refractivity contribution in [3.8, 4) is 11.1 Å². The number of likely N-dealkylation sites (tertiary alicyclic amines) is 1. The summed E-state index contributed by atoms with van der Waals surface area (Å²) in [4.78, 5) is 16.0. The lowest BCUT2D eigenvalue weighted by Gasteiger charge is -2.36. The van der Waals surface area contributed by atoms with Crippen molar-refractivity contribution in [2.45, 2.75) is 62.4 Å². The molecule has 1 heterocycles. The van der Waals surface area contributed by atoms with E-state index in [1.807, 2.05) is 54.6 Å². The number of fused-ring (bicyclic) bond motifs is 3. The molecule has 2 aromatic rings. The SMILES string of the molecule is O=C(NCC(F)(F)F)C1(CCCCN2CCC(NC(O)C3CC=CC=C3N(O)O)CC2)c2ccccc2-c2ccccc21. The van der Waals surface area contributed by atoms with Crippen molar-refractivity contribution < 1.29 is 33.5 Å². The lowest BCUT2D eigenvalue weighted by Crippen LogP contribution is -2.49. The van der Waals surface area contributed by atoms with Gasteiger partial charge in [-0.2, -0.15) is 13.2 Å². The van der Waals surface area contributed by atoms with Crippen molar-refractivity contribution in [3.05, 3.63) is 83.6 Å². The number of benzene rings is 2. The van der Waals surface area contributed by atoms with Gasteiger partial charge in [0.2, 0.25) is 5.91 Å². The quantitative estimate of drug-likeness (QED) is 0.144. The standard InChI is InChI=1S/C32H39F3N4O4/c33-32(34,35)21-36-30(41)31(26-12-4-1-9-23(26)24-10-2-5-13-27(24)31)17-7-8-18-38-19-15-22(16-20-38)37-29(40)25-11-3-6-14-28(25)39(42)43/h1-6,9-10,12-14,22,25,29,37,40,42-43H,7-8,11,15-21H2,(H,36,41). The first-order valence-electron chi connectivity index (χ1n) is 14.9. The zero-order valence-corrected chi connectivity index (χ0v) is 23.9. The molecule has 1 fully saturated rings. The summed E-state index contributed by atoms with van der Waals surface area (Å²) < 4.78 is 39.3. The third-order valence-corrected chi connectivity index (χ3v) is 8.96. The predicted molar refractivity (Wildman–Crippen MR) is 155 cm³/mol. The minimum Gasteiger partial charge on any atom is -0.378 e. The van der Waals surface area contributed by atoms with Gasteiger partial charge >= 0.3 is 6.18 Å². The molecule has 0 spiro atoms. The average molecular weight is 601 g/mol. The first-order valence-corrected chi connectivity index (χ1v) is 14.9. The van der Waals surface area contributed by atoms with Crippen LogP contribution in [0.5, 0.6) is 0 Å². The summed E-state index contributed by atoms with van der Waals surface area (Å²) in [6, 6.07) is 15.1. The Hall–Kier alpha value is -3.22. The molecule has 0 saturated carbocycles. The normalized spacial score (nSPS) is 20.7. The number of hydroxylamine groups is 2. The van der Waals surface area contributed by atoms with Gasteiger partial charge in [-0.05, 0) is 80.1 Å². The molecule has 2 aliphatic carbocycles. The summed E-state index contributed by atoms with van der Waals surface area (Å²) in [5, 5.41) is 35.2. The minimum atomic E-state index is -4.50. The van der Waals surface area contributed by atoms with Gasteiger partial charge in [0.15, 0.2) is 0 Å². The molecule has 43 heavy (non-hydrogen) atoms. The molecule has 8 nitrogen and oxygen atoms in total. The molecular formula is C32H39F3N4O4. The maximum absolute atomic E-state index is 13.6. The number of allylic oxidation sites excluding steroid dienone is 3. The number of unbranched alkanes of at least 4 members (excludes halogenated alkanes) is 1. The van der Waals surface area contributed by atoms with Crippen LogP contribution < -0.4 is 10.6 Å². The van der Waals surface area contributed by atoms with Crippen molar-refractivity contribution in [1.82, 2.24) is 20.8 Å². The van der Waals surface area contributed by atoms with Gasteiger partial charge in [0.1, 0.15) is 18.2 Å². The second kappa shape index (κ2) is 13.2. The van der Waals surface area contributed by atoms with Gasteiger partial charge in [-0.25, -0.2) is 0 Å². The van der Waals surface area contributed by atoms with E-state index >= 15 is 0 Å². The summed E-state index contributed by atoms with van der Waals surface area (Å²) in [6.45, 7) is 1.05. The van der Waals surface area contributed by atoms with E-state index in [0.717, 1.165) is 61.2 Å². The number of piperidine rings is 1. The lowest BCUT2D eigenvalue weighted by molar-refractivity contribution is -0.286. The van der Waals surface area contributed by atoms with Crippen molar-refractivity contribution in [1.29, 1.82) is 0 Å². The van der Waals surface area contributed by atoms with Crippen LogP contribution in [-0.2, 0) is 10.2 Å². The van der Waals surface area contributed by atoms with Crippen LogP contribution in [0.25, 0.3) is 11.1 Å². The zero-order valence-electron chi connectivity index (χ0n) is 23.9. The topological polar surface area (TPSA) is 108 Å². The number of hydrogen-bond donors (Lipinski definition) is 5. The Morgan fingerprint density at radius 3 is 2.26 bits per heavy atom. The molecule has 1 saturated heterocycles. The number of halogens is 3. The highest BCUT2D eigenvalue weighted by atomic mass is 19.4. The summed E-state index contributed by atoms with van der Waals surface area (Å²) >= 11 is 0. The van der Waals surface area contributed by atoms with Crippen LogP contribution in [0.1, 0.15) is 49.7 Å². The van der Waals surface area contributed by atoms with E-state index in [9.17, 15) is 33.5 Å². The van der Waals surface area contributed by atoms with Crippen LogP contribution in [0.15, 0.2) is 72.5 Å². The fourth-order valence-corrected chi connectivity index (χ4v) is 6.83. The molecule has 232 valence electrons. The molecule has 1 aliphatic heterocycles. The number of carbonyl (C=O) groups is 1. The molecule has 2 aromatic carbocycles. The fourth-order valence-electron chi connectivity index (χ4n) is 6.83. The number of rotatable bonds is 11. The summed E-state index contributed by atoms with van der Waals surface area (Å²) in [7, 11) is 0. The molecule has 0 bridgehead atoms. The zero-order chi connectivity index (χ0) is 30.6. The maximum atomic E-state index is 13.6. The van der Waals surface area contributed by atoms with Gasteiger partial charge in [-0.1, -0.05) is 67.1 Å². The fraction of sp³-hybridized carbons (Fsp3) is 0.469. The van der Waals surface area contributed by atoms with E-state index in [2.05, 4.69) is 15.5 Å². The Kier molecular flexibility index (Phi) is 9.57. The average Bonchev–Trinajstić information content (AvgIpc) is 3.29. The highest BCUT2D eigenvalue weighted by Crippen LogP contribution is 2.51. The molecule has 5 N–H and O–H groups in total. The third kappa shape index (κ3) is 6.81. The Bertz CT molecular complexity index is 1290. The number of hydrogen-bond acceptors (Lipinski definition) is 7. The van der Waals surface area contributed by atoms with E-state index in [1.165, 1.54) is 0 Å². The second-order valence-corrected chi connectivity index (χ2v) is 11.6. The van der Waals surface area contributed by atoms with Crippen LogP contribution in [0.2, 0.25) is 0 Å². The highest BCUT2D eigenvalue weighted by Gasteiger charge is 2.49. The number of amides is 1. The van der Waals surface area contributed by atoms with Crippen molar-refractivity contribution in [2.24, 2.45) is 5.92 Å². The predicted octanol–water partition coefficient (Wildman–Crippen LogP) is 4.71. The van der Waals surface area contributed by atoms with E-state index in [1.54, 1.807) is 12.2 Å². The lowest BCUT2D eigenvalue weighted by atomic mass is 9.73. The van der Waals surface area contributed by atoms with Crippen molar-refractivity contribution in [2.75, 3.05) is 26.2 Å². The van der Waals surface area contributed by atoms with Gasteiger partial charge in [-0.15, -0.1) is 5.23 Å². The van der Waals surface area contributed by atoms with Crippen molar-refractivity contribution >= 4 is 5.91 Å². The van der Waals surface area contributed by atoms with Crippen LogP contribution >= 0.6 is 0 Å². The molecule has 11 heteroatoms. The Morgan fingerprint density at radius 1 is 1.02 bits per heavy atom. The number of carbonyl (C=O) groups excluding carboxylic acids is 1. The summed E-state index contributed by atoms with van der Waals surface area (Å²) in [5.41, 5.74) is 2.31. The molecule has 1 amide bonds. The van der Waals surface area contributed by atoms with Gasteiger partial charge in [0.25, 0.3) is 0 Å². The number of aliphatic hydroxyl groups is 1. The van der Waals surface area contributed by atoms with E-state index < -0.39 is 36.2 Å². The first-order chi connectivity index (χ1) is 20.6. The largest absolute Gasteiger partial charge is 0.405 e. The number of alkyl halides is 3. The third-order valence-electron chi connectivity index (χ3n) is 8.96. The van der Waals surface area contributed by atoms with E-state index in [-0.39, 0.29) is 17.0 Å². The van der Waals surface area contributed by atoms with Crippen LogP contribution in [0.3, 0.4) is 0 Å². The Labute approximate surface area is 249 Å².